The fourth-order valence-corrected chi connectivity index (χ4v) is 1.39. The van der Waals surface area contributed by atoms with Gasteiger partial charge in [0.1, 0.15) is 12.2 Å². The molecular weight excluding hydrogens is 159 g/mol. The van der Waals surface area contributed by atoms with Crippen LogP contribution in [0.3, 0.4) is 0 Å². The van der Waals surface area contributed by atoms with E-state index in [0.29, 0.717) is 6.42 Å². The number of nitriles is 1. The first-order valence-corrected chi connectivity index (χ1v) is 4.02. The van der Waals surface area contributed by atoms with E-state index in [2.05, 4.69) is 0 Å². The Balaban J connectivity index is 2.65. The summed E-state index contributed by atoms with van der Waals surface area (Å²) in [7, 11) is 0. The molecule has 12 heavy (non-hydrogen) atoms. The van der Waals surface area contributed by atoms with Crippen LogP contribution in [0, 0.1) is 11.3 Å². The summed E-state index contributed by atoms with van der Waals surface area (Å²) < 4.78 is 12.8. The fourth-order valence-electron chi connectivity index (χ4n) is 1.39. The maximum atomic E-state index is 12.8. The molecule has 1 amide bonds. The second-order valence-electron chi connectivity index (χ2n) is 2.88. The maximum absolute atomic E-state index is 12.8. The van der Waals surface area contributed by atoms with Crippen LogP contribution in [0.25, 0.3) is 0 Å². The van der Waals surface area contributed by atoms with Gasteiger partial charge in [-0.3, -0.25) is 4.79 Å². The summed E-state index contributed by atoms with van der Waals surface area (Å²) in [6.07, 6.45) is -0.516. The molecule has 66 valence electrons. The van der Waals surface area contributed by atoms with Crippen LogP contribution in [-0.2, 0) is 4.79 Å². The lowest BCUT2D eigenvalue weighted by Gasteiger charge is -2.17. The van der Waals surface area contributed by atoms with Crippen molar-refractivity contribution in [3.8, 4) is 6.07 Å². The van der Waals surface area contributed by atoms with Gasteiger partial charge in [-0.05, 0) is 0 Å². The van der Waals surface area contributed by atoms with Crippen LogP contribution in [0.15, 0.2) is 0 Å². The van der Waals surface area contributed by atoms with Gasteiger partial charge in [-0.2, -0.15) is 5.26 Å². The van der Waals surface area contributed by atoms with Gasteiger partial charge in [0.2, 0.25) is 5.91 Å². The van der Waals surface area contributed by atoms with Crippen molar-refractivity contribution >= 4 is 5.91 Å². The van der Waals surface area contributed by atoms with E-state index >= 15 is 0 Å². The number of likely N-dealkylation sites (tertiary alicyclic amines) is 1. The Kier molecular flexibility index (Phi) is 2.64. The standard InChI is InChI=1S/C8H11FN2O/c1-2-8(12)11-5-6(9)3-7(11)4-10/h6-7H,2-3,5H2,1H3/t6-,7-/m0/s1. The lowest BCUT2D eigenvalue weighted by atomic mass is 10.2. The van der Waals surface area contributed by atoms with Gasteiger partial charge < -0.3 is 4.90 Å². The van der Waals surface area contributed by atoms with Gasteiger partial charge in [0.25, 0.3) is 0 Å². The second-order valence-corrected chi connectivity index (χ2v) is 2.88. The molecule has 1 saturated heterocycles. The summed E-state index contributed by atoms with van der Waals surface area (Å²) in [5, 5.41) is 8.59. The van der Waals surface area contributed by atoms with Gasteiger partial charge in [0.15, 0.2) is 0 Å². The predicted octanol–water partition coefficient (Wildman–Crippen LogP) is 0.859. The molecule has 1 aliphatic heterocycles. The highest BCUT2D eigenvalue weighted by atomic mass is 19.1. The van der Waals surface area contributed by atoms with E-state index in [1.807, 2.05) is 6.07 Å². The summed E-state index contributed by atoms with van der Waals surface area (Å²) in [6, 6.07) is 1.38. The molecule has 0 saturated carbocycles. The van der Waals surface area contributed by atoms with Crippen molar-refractivity contribution in [2.75, 3.05) is 6.54 Å². The van der Waals surface area contributed by atoms with Crippen LogP contribution in [0.2, 0.25) is 0 Å². The molecule has 0 radical (unpaired) electrons. The van der Waals surface area contributed by atoms with Crippen molar-refractivity contribution in [1.82, 2.24) is 4.90 Å². The number of halogens is 1. The number of alkyl halides is 1. The second kappa shape index (κ2) is 3.53. The van der Waals surface area contributed by atoms with E-state index in [1.54, 1.807) is 6.92 Å². The third kappa shape index (κ3) is 1.55. The van der Waals surface area contributed by atoms with Crippen LogP contribution >= 0.6 is 0 Å². The van der Waals surface area contributed by atoms with Crippen LogP contribution in [0.5, 0.6) is 0 Å². The van der Waals surface area contributed by atoms with Gasteiger partial charge in [0, 0.05) is 12.8 Å². The lowest BCUT2D eigenvalue weighted by Crippen LogP contribution is -2.34. The third-order valence-electron chi connectivity index (χ3n) is 2.02. The quantitative estimate of drug-likeness (QED) is 0.585. The summed E-state index contributed by atoms with van der Waals surface area (Å²) in [6.45, 7) is 1.80. The maximum Gasteiger partial charge on any atom is 0.223 e. The zero-order chi connectivity index (χ0) is 9.14. The Hall–Kier alpha value is -1.11. The molecule has 4 heteroatoms. The van der Waals surface area contributed by atoms with Crippen LogP contribution < -0.4 is 0 Å². The molecule has 0 aromatic rings. The molecular formula is C8H11FN2O. The molecule has 1 rings (SSSR count). The number of carbonyl (C=O) groups is 1. The van der Waals surface area contributed by atoms with Crippen LogP contribution in [0.1, 0.15) is 19.8 Å². The molecule has 0 bridgehead atoms. The monoisotopic (exact) mass is 170 g/mol. The lowest BCUT2D eigenvalue weighted by molar-refractivity contribution is -0.130. The first-order valence-electron chi connectivity index (χ1n) is 4.02. The number of amides is 1. The minimum atomic E-state index is -1.02. The molecule has 1 heterocycles. The van der Waals surface area contributed by atoms with Crippen LogP contribution in [0.4, 0.5) is 4.39 Å². The van der Waals surface area contributed by atoms with Crippen molar-refractivity contribution in [2.45, 2.75) is 32.0 Å². The Morgan fingerprint density at radius 3 is 3.00 bits per heavy atom. The summed E-state index contributed by atoms with van der Waals surface area (Å²) >= 11 is 0. The molecule has 0 N–H and O–H groups in total. The van der Waals surface area contributed by atoms with E-state index in [9.17, 15) is 9.18 Å². The fraction of sp³-hybridized carbons (Fsp3) is 0.750. The van der Waals surface area contributed by atoms with Gasteiger partial charge >= 0.3 is 0 Å². The number of nitrogens with zero attached hydrogens (tertiary/aromatic N) is 2. The molecule has 1 fully saturated rings. The zero-order valence-corrected chi connectivity index (χ0v) is 6.96. The highest BCUT2D eigenvalue weighted by molar-refractivity contribution is 5.77. The summed E-state index contributed by atoms with van der Waals surface area (Å²) in [5.74, 6) is -0.137. The van der Waals surface area contributed by atoms with Crippen LogP contribution in [-0.4, -0.2) is 29.6 Å². The van der Waals surface area contributed by atoms with E-state index in [0.717, 1.165) is 0 Å². The topological polar surface area (TPSA) is 44.1 Å². The largest absolute Gasteiger partial charge is 0.324 e. The van der Waals surface area contributed by atoms with Gasteiger partial charge in [-0.1, -0.05) is 6.92 Å². The number of hydrogen-bond donors (Lipinski definition) is 0. The molecule has 0 aromatic heterocycles. The normalized spacial score (nSPS) is 28.6. The molecule has 0 aromatic carbocycles. The van der Waals surface area contributed by atoms with Gasteiger partial charge in [-0.25, -0.2) is 4.39 Å². The van der Waals surface area contributed by atoms with E-state index in [1.165, 1.54) is 4.90 Å². The smallest absolute Gasteiger partial charge is 0.223 e. The Labute approximate surface area is 70.8 Å². The Morgan fingerprint density at radius 1 is 1.83 bits per heavy atom. The Morgan fingerprint density at radius 2 is 2.50 bits per heavy atom. The SMILES string of the molecule is CCC(=O)N1C[C@@H](F)C[C@H]1C#N. The zero-order valence-electron chi connectivity index (χ0n) is 6.96. The predicted molar refractivity (Wildman–Crippen MR) is 40.9 cm³/mol. The van der Waals surface area contributed by atoms with Crippen molar-refractivity contribution < 1.29 is 9.18 Å². The average molecular weight is 170 g/mol. The van der Waals surface area contributed by atoms with Crippen molar-refractivity contribution in [3.05, 3.63) is 0 Å². The average Bonchev–Trinajstić information content (AvgIpc) is 2.45. The third-order valence-corrected chi connectivity index (χ3v) is 2.02. The molecule has 0 unspecified atom stereocenters. The molecule has 2 atom stereocenters. The summed E-state index contributed by atoms with van der Waals surface area (Å²) in [5.41, 5.74) is 0. The van der Waals surface area contributed by atoms with Gasteiger partial charge in [-0.15, -0.1) is 0 Å². The number of carbonyl (C=O) groups excluding carboxylic acids is 1. The highest BCUT2D eigenvalue weighted by Gasteiger charge is 2.34. The van der Waals surface area contributed by atoms with E-state index in [4.69, 9.17) is 5.26 Å². The molecule has 0 spiro atoms. The minimum absolute atomic E-state index is 0.0882. The number of rotatable bonds is 1. The van der Waals surface area contributed by atoms with Crippen molar-refractivity contribution in [2.24, 2.45) is 0 Å². The molecule has 1 aliphatic rings. The minimum Gasteiger partial charge on any atom is -0.324 e. The van der Waals surface area contributed by atoms with Crippen molar-refractivity contribution in [1.29, 1.82) is 5.26 Å². The van der Waals surface area contributed by atoms with Crippen molar-refractivity contribution in [3.63, 3.8) is 0 Å². The number of hydrogen-bond acceptors (Lipinski definition) is 2. The Bertz CT molecular complexity index is 224. The first kappa shape index (κ1) is 8.98. The highest BCUT2D eigenvalue weighted by Crippen LogP contribution is 2.20. The van der Waals surface area contributed by atoms with E-state index in [-0.39, 0.29) is 18.9 Å². The van der Waals surface area contributed by atoms with Gasteiger partial charge in [0.05, 0.1) is 12.6 Å². The molecule has 3 nitrogen and oxygen atoms in total. The summed E-state index contributed by atoms with van der Waals surface area (Å²) in [4.78, 5) is 12.5. The van der Waals surface area contributed by atoms with E-state index < -0.39 is 12.2 Å². The molecule has 0 aliphatic carbocycles. The first-order chi connectivity index (χ1) is 5.69.